The molecule has 0 aliphatic carbocycles. The molecule has 0 fully saturated rings. The summed E-state index contributed by atoms with van der Waals surface area (Å²) in [4.78, 5) is 0. The van der Waals surface area contributed by atoms with Gasteiger partial charge >= 0.3 is 5.97 Å². The van der Waals surface area contributed by atoms with E-state index in [-0.39, 0.29) is 6.10 Å². The van der Waals surface area contributed by atoms with Gasteiger partial charge in [-0.2, -0.15) is 0 Å². The molecule has 0 radical (unpaired) electrons. The highest BCUT2D eigenvalue weighted by Crippen LogP contribution is 2.26. The summed E-state index contributed by atoms with van der Waals surface area (Å²) in [6.45, 7) is 6.49. The quantitative estimate of drug-likeness (QED) is 0.302. The first-order chi connectivity index (χ1) is 12.7. The minimum absolute atomic E-state index is 0.298. The molecule has 0 saturated heterocycles. The van der Waals surface area contributed by atoms with E-state index in [2.05, 4.69) is 13.5 Å². The Hall–Kier alpha value is -1.20. The second-order valence-corrected chi connectivity index (χ2v) is 6.52. The molecule has 26 heavy (non-hydrogen) atoms. The van der Waals surface area contributed by atoms with Crippen LogP contribution in [0.5, 0.6) is 0 Å². The van der Waals surface area contributed by atoms with Crippen LogP contribution in [-0.4, -0.2) is 33.4 Å². The highest BCUT2D eigenvalue weighted by atomic mass is 16.9. The smallest absolute Gasteiger partial charge is 0.310 e. The molecule has 148 valence electrons. The van der Waals surface area contributed by atoms with Crippen molar-refractivity contribution >= 4 is 6.08 Å². The Labute approximate surface area is 159 Å². The van der Waals surface area contributed by atoms with Crippen molar-refractivity contribution in [1.29, 1.82) is 0 Å². The lowest BCUT2D eigenvalue weighted by molar-refractivity contribution is -0.395. The summed E-state index contributed by atoms with van der Waals surface area (Å²) in [7, 11) is 4.76. The molecule has 1 aromatic carbocycles. The topological polar surface area (TPSA) is 36.9 Å². The van der Waals surface area contributed by atoms with Gasteiger partial charge in [0.05, 0.1) is 6.61 Å². The highest BCUT2D eigenvalue weighted by molar-refractivity contribution is 5.47. The fraction of sp³-hybridized carbons (Fsp3) is 0.636. The second kappa shape index (κ2) is 13.0. The maximum absolute atomic E-state index is 6.17. The first-order valence-electron chi connectivity index (χ1n) is 9.64. The predicted molar refractivity (Wildman–Crippen MR) is 107 cm³/mol. The third kappa shape index (κ3) is 7.20. The van der Waals surface area contributed by atoms with Crippen LogP contribution in [0.25, 0.3) is 6.08 Å². The Balaban J connectivity index is 2.65. The Kier molecular flexibility index (Phi) is 11.5. The van der Waals surface area contributed by atoms with Gasteiger partial charge in [-0.15, -0.1) is 0 Å². The van der Waals surface area contributed by atoms with E-state index >= 15 is 0 Å². The molecular formula is C22H36O4. The molecular weight excluding hydrogens is 328 g/mol. The van der Waals surface area contributed by atoms with Crippen LogP contribution in [0.1, 0.15) is 63.0 Å². The average molecular weight is 365 g/mol. The summed E-state index contributed by atoms with van der Waals surface area (Å²) in [5.41, 5.74) is 2.19. The number of unbranched alkanes of at least 4 members (excludes halogenated alkanes) is 5. The Morgan fingerprint density at radius 3 is 2.04 bits per heavy atom. The number of hydrogen-bond donors (Lipinski definition) is 0. The molecule has 0 spiro atoms. The zero-order chi connectivity index (χ0) is 19.3. The van der Waals surface area contributed by atoms with Crippen molar-refractivity contribution in [3.63, 3.8) is 0 Å². The third-order valence-corrected chi connectivity index (χ3v) is 4.73. The minimum atomic E-state index is -1.18. The number of ether oxygens (including phenoxy) is 4. The molecule has 0 heterocycles. The van der Waals surface area contributed by atoms with Gasteiger partial charge in [0.15, 0.2) is 0 Å². The average Bonchev–Trinajstić information content (AvgIpc) is 2.70. The molecule has 4 heteroatoms. The van der Waals surface area contributed by atoms with Crippen LogP contribution < -0.4 is 0 Å². The van der Waals surface area contributed by atoms with Crippen LogP contribution >= 0.6 is 0 Å². The molecule has 0 N–H and O–H groups in total. The van der Waals surface area contributed by atoms with Gasteiger partial charge in [0, 0.05) is 21.3 Å². The third-order valence-electron chi connectivity index (χ3n) is 4.73. The van der Waals surface area contributed by atoms with E-state index in [1.54, 1.807) is 21.3 Å². The summed E-state index contributed by atoms with van der Waals surface area (Å²) in [5, 5.41) is 0. The standard InChI is InChI=1S/C22H36O4/c1-6-8-9-10-11-12-13-21(22(23-3,24-4)25-5)26-18-20-16-14-19(7-2)15-17-20/h7,14-17,21H,2,6,8-13,18H2,1,3-5H3. The maximum Gasteiger partial charge on any atom is 0.310 e. The Bertz CT molecular complexity index is 471. The normalized spacial score (nSPS) is 12.9. The van der Waals surface area contributed by atoms with Crippen molar-refractivity contribution in [2.45, 2.75) is 70.6 Å². The summed E-state index contributed by atoms with van der Waals surface area (Å²) >= 11 is 0. The van der Waals surface area contributed by atoms with Gasteiger partial charge < -0.3 is 18.9 Å². The van der Waals surface area contributed by atoms with Crippen LogP contribution in [0, 0.1) is 0 Å². The zero-order valence-corrected chi connectivity index (χ0v) is 17.0. The number of methoxy groups -OCH3 is 3. The zero-order valence-electron chi connectivity index (χ0n) is 17.0. The molecule has 1 atom stereocenters. The minimum Gasteiger partial charge on any atom is -0.365 e. The van der Waals surface area contributed by atoms with E-state index < -0.39 is 5.97 Å². The number of benzene rings is 1. The van der Waals surface area contributed by atoms with E-state index in [9.17, 15) is 0 Å². The molecule has 1 unspecified atom stereocenters. The van der Waals surface area contributed by atoms with Crippen LogP contribution in [0.2, 0.25) is 0 Å². The highest BCUT2D eigenvalue weighted by Gasteiger charge is 2.40. The number of rotatable bonds is 15. The van der Waals surface area contributed by atoms with Crippen molar-refractivity contribution in [2.75, 3.05) is 21.3 Å². The SMILES string of the molecule is C=Cc1ccc(COC(CCCCCCCC)C(OC)(OC)OC)cc1. The van der Waals surface area contributed by atoms with Gasteiger partial charge in [0.1, 0.15) is 6.10 Å². The van der Waals surface area contributed by atoms with Crippen LogP contribution in [0.3, 0.4) is 0 Å². The van der Waals surface area contributed by atoms with Gasteiger partial charge in [-0.3, -0.25) is 0 Å². The van der Waals surface area contributed by atoms with E-state index in [4.69, 9.17) is 18.9 Å². The fourth-order valence-electron chi connectivity index (χ4n) is 3.06. The van der Waals surface area contributed by atoms with Gasteiger partial charge in [-0.05, 0) is 17.5 Å². The van der Waals surface area contributed by atoms with Crippen LogP contribution in [-0.2, 0) is 25.6 Å². The van der Waals surface area contributed by atoms with E-state index in [0.717, 1.165) is 24.0 Å². The molecule has 0 aliphatic rings. The van der Waals surface area contributed by atoms with Gasteiger partial charge in [-0.1, -0.05) is 82.4 Å². The molecule has 4 nitrogen and oxygen atoms in total. The Morgan fingerprint density at radius 1 is 0.923 bits per heavy atom. The predicted octanol–water partition coefficient (Wildman–Crippen LogP) is 5.56. The number of hydrogen-bond acceptors (Lipinski definition) is 4. The summed E-state index contributed by atoms with van der Waals surface area (Å²) in [6.07, 6.45) is 9.71. The van der Waals surface area contributed by atoms with Crippen molar-refractivity contribution in [3.8, 4) is 0 Å². The summed E-state index contributed by atoms with van der Waals surface area (Å²) in [5.74, 6) is -1.18. The first-order valence-corrected chi connectivity index (χ1v) is 9.64. The molecule has 1 rings (SSSR count). The van der Waals surface area contributed by atoms with E-state index in [1.165, 1.54) is 32.1 Å². The maximum atomic E-state index is 6.17. The molecule has 0 bridgehead atoms. The van der Waals surface area contributed by atoms with Gasteiger partial charge in [0.25, 0.3) is 0 Å². The first kappa shape index (κ1) is 22.8. The largest absolute Gasteiger partial charge is 0.365 e. The van der Waals surface area contributed by atoms with Crippen molar-refractivity contribution in [2.24, 2.45) is 0 Å². The van der Waals surface area contributed by atoms with E-state index in [0.29, 0.717) is 6.61 Å². The van der Waals surface area contributed by atoms with Crippen LogP contribution in [0.15, 0.2) is 30.8 Å². The molecule has 0 aliphatic heterocycles. The van der Waals surface area contributed by atoms with E-state index in [1.807, 2.05) is 30.3 Å². The van der Waals surface area contributed by atoms with Crippen molar-refractivity contribution in [3.05, 3.63) is 42.0 Å². The fourth-order valence-corrected chi connectivity index (χ4v) is 3.06. The molecule has 1 aromatic rings. The van der Waals surface area contributed by atoms with Crippen molar-refractivity contribution < 1.29 is 18.9 Å². The summed E-state index contributed by atoms with van der Waals surface area (Å²) < 4.78 is 22.8. The van der Waals surface area contributed by atoms with Gasteiger partial charge in [-0.25, -0.2) is 0 Å². The lowest BCUT2D eigenvalue weighted by Gasteiger charge is -2.36. The molecule has 0 aromatic heterocycles. The lowest BCUT2D eigenvalue weighted by Crippen LogP contribution is -2.49. The lowest BCUT2D eigenvalue weighted by atomic mass is 10.1. The van der Waals surface area contributed by atoms with Crippen LogP contribution in [0.4, 0.5) is 0 Å². The molecule has 0 saturated carbocycles. The second-order valence-electron chi connectivity index (χ2n) is 6.52. The van der Waals surface area contributed by atoms with Gasteiger partial charge in [0.2, 0.25) is 0 Å². The molecule has 0 amide bonds. The summed E-state index contributed by atoms with van der Waals surface area (Å²) in [6, 6.07) is 8.16. The van der Waals surface area contributed by atoms with Crippen molar-refractivity contribution in [1.82, 2.24) is 0 Å². The Morgan fingerprint density at radius 2 is 1.50 bits per heavy atom. The monoisotopic (exact) mass is 364 g/mol.